The molecule has 2 aliphatic heterocycles. The Bertz CT molecular complexity index is 824. The fourth-order valence-electron chi connectivity index (χ4n) is 3.59. The van der Waals surface area contributed by atoms with E-state index in [1.54, 1.807) is 17.3 Å². The Morgan fingerprint density at radius 3 is 2.86 bits per heavy atom. The first-order valence-electron chi connectivity index (χ1n) is 9.41. The second-order valence-electron chi connectivity index (χ2n) is 6.78. The van der Waals surface area contributed by atoms with Crippen molar-refractivity contribution in [2.45, 2.75) is 25.3 Å². The Balaban J connectivity index is 1.49. The van der Waals surface area contributed by atoms with Gasteiger partial charge in [-0.05, 0) is 30.9 Å². The molecule has 2 saturated heterocycles. The molecule has 148 valence electrons. The average Bonchev–Trinajstić information content (AvgIpc) is 3.22. The molecular weight excluding hydrogens is 380 g/mol. The van der Waals surface area contributed by atoms with Crippen LogP contribution in [0.5, 0.6) is 0 Å². The highest BCUT2D eigenvalue weighted by molar-refractivity contribution is 7.10. The molecule has 0 radical (unpaired) electrons. The number of anilines is 1. The van der Waals surface area contributed by atoms with Crippen molar-refractivity contribution in [2.24, 2.45) is 0 Å². The molecule has 28 heavy (non-hydrogen) atoms. The van der Waals surface area contributed by atoms with Crippen molar-refractivity contribution in [3.05, 3.63) is 35.8 Å². The second-order valence-corrected chi connectivity index (χ2v) is 7.53. The molecule has 9 nitrogen and oxygen atoms in total. The molecule has 0 aliphatic carbocycles. The fourth-order valence-corrected chi connectivity index (χ4v) is 4.14. The molecule has 0 saturated carbocycles. The number of pyridine rings is 1. The Kier molecular flexibility index (Phi) is 5.77. The number of ether oxygens (including phenoxy) is 1. The number of likely N-dealkylation sites (tertiary alicyclic amines) is 1. The van der Waals surface area contributed by atoms with E-state index in [1.807, 2.05) is 17.0 Å². The summed E-state index contributed by atoms with van der Waals surface area (Å²) in [5, 5.41) is 7.21. The normalized spacial score (nSPS) is 20.1. The molecule has 2 aliphatic rings. The van der Waals surface area contributed by atoms with Crippen molar-refractivity contribution in [1.29, 1.82) is 0 Å². The lowest BCUT2D eigenvalue weighted by atomic mass is 9.97. The predicted octanol–water partition coefficient (Wildman–Crippen LogP) is 2.16. The number of morpholine rings is 1. The van der Waals surface area contributed by atoms with Crippen LogP contribution in [0, 0.1) is 0 Å². The SMILES string of the molecule is O=C(c1nnsc1NC(=O)N1CCCC[C@H]1c1cccnc1)N1CCOCC1. The maximum Gasteiger partial charge on any atom is 0.323 e. The molecule has 0 unspecified atom stereocenters. The average molecular weight is 402 g/mol. The summed E-state index contributed by atoms with van der Waals surface area (Å²) in [4.78, 5) is 33.4. The number of nitrogens with zero attached hydrogens (tertiary/aromatic N) is 5. The fraction of sp³-hybridized carbons (Fsp3) is 0.500. The summed E-state index contributed by atoms with van der Waals surface area (Å²) in [6.45, 7) is 2.69. The Labute approximate surface area is 166 Å². The highest BCUT2D eigenvalue weighted by Crippen LogP contribution is 2.31. The van der Waals surface area contributed by atoms with Crippen LogP contribution in [-0.2, 0) is 4.74 Å². The summed E-state index contributed by atoms with van der Waals surface area (Å²) in [5.74, 6) is -0.227. The van der Waals surface area contributed by atoms with Crippen LogP contribution in [-0.4, -0.2) is 69.2 Å². The number of carbonyl (C=O) groups excluding carboxylic acids is 2. The Morgan fingerprint density at radius 1 is 1.21 bits per heavy atom. The second kappa shape index (κ2) is 8.61. The molecular formula is C18H22N6O3S. The van der Waals surface area contributed by atoms with Crippen molar-refractivity contribution in [3.63, 3.8) is 0 Å². The molecule has 2 fully saturated rings. The Morgan fingerprint density at radius 2 is 2.07 bits per heavy atom. The smallest absolute Gasteiger partial charge is 0.323 e. The maximum absolute atomic E-state index is 13.0. The van der Waals surface area contributed by atoms with Gasteiger partial charge in [-0.15, -0.1) is 5.10 Å². The van der Waals surface area contributed by atoms with E-state index in [0.29, 0.717) is 37.8 Å². The summed E-state index contributed by atoms with van der Waals surface area (Å²) in [5.41, 5.74) is 1.21. The van der Waals surface area contributed by atoms with Crippen LogP contribution in [0.25, 0.3) is 0 Å². The van der Waals surface area contributed by atoms with Gasteiger partial charge in [-0.25, -0.2) is 4.79 Å². The summed E-state index contributed by atoms with van der Waals surface area (Å²) in [7, 11) is 0. The summed E-state index contributed by atoms with van der Waals surface area (Å²) >= 11 is 1.02. The largest absolute Gasteiger partial charge is 0.378 e. The molecule has 4 rings (SSSR count). The molecule has 0 spiro atoms. The van der Waals surface area contributed by atoms with Gasteiger partial charge in [-0.3, -0.25) is 15.1 Å². The first kappa shape index (κ1) is 18.8. The number of piperidine rings is 1. The standard InChI is InChI=1S/C18H22N6O3S/c25-17(23-8-10-27-11-9-23)15-16(28-22-21-15)20-18(26)24-7-2-1-5-14(24)13-4-3-6-19-12-13/h3-4,6,12,14H,1-2,5,7-11H2,(H,20,26)/t14-/m0/s1. The third-order valence-corrected chi connectivity index (χ3v) is 5.68. The van der Waals surface area contributed by atoms with E-state index in [1.165, 1.54) is 0 Å². The summed E-state index contributed by atoms with van der Waals surface area (Å²) in [6, 6.07) is 3.61. The quantitative estimate of drug-likeness (QED) is 0.844. The molecule has 2 aromatic rings. The molecule has 10 heteroatoms. The van der Waals surface area contributed by atoms with Crippen molar-refractivity contribution < 1.29 is 14.3 Å². The van der Waals surface area contributed by atoms with Crippen LogP contribution in [0.3, 0.4) is 0 Å². The van der Waals surface area contributed by atoms with Crippen molar-refractivity contribution in [1.82, 2.24) is 24.4 Å². The lowest BCUT2D eigenvalue weighted by Crippen LogP contribution is -2.42. The third kappa shape index (κ3) is 3.97. The van der Waals surface area contributed by atoms with E-state index in [2.05, 4.69) is 19.9 Å². The summed E-state index contributed by atoms with van der Waals surface area (Å²) < 4.78 is 9.17. The van der Waals surface area contributed by atoms with Crippen molar-refractivity contribution in [2.75, 3.05) is 38.2 Å². The van der Waals surface area contributed by atoms with Crippen molar-refractivity contribution >= 4 is 28.5 Å². The molecule has 0 aromatic carbocycles. The highest BCUT2D eigenvalue weighted by atomic mass is 32.1. The van der Waals surface area contributed by atoms with Gasteiger partial charge < -0.3 is 14.5 Å². The van der Waals surface area contributed by atoms with Crippen LogP contribution >= 0.6 is 11.5 Å². The molecule has 1 atom stereocenters. The minimum atomic E-state index is -0.240. The molecule has 0 bridgehead atoms. The van der Waals surface area contributed by atoms with Gasteiger partial charge in [0.05, 0.1) is 19.3 Å². The molecule has 2 aromatic heterocycles. The van der Waals surface area contributed by atoms with E-state index in [0.717, 1.165) is 36.4 Å². The van der Waals surface area contributed by atoms with Gasteiger partial charge in [0.25, 0.3) is 5.91 Å². The lowest BCUT2D eigenvalue weighted by Gasteiger charge is -2.35. The monoisotopic (exact) mass is 402 g/mol. The molecule has 1 N–H and O–H groups in total. The van der Waals surface area contributed by atoms with Crippen LogP contribution in [0.2, 0.25) is 0 Å². The number of amides is 3. The number of hydrogen-bond acceptors (Lipinski definition) is 7. The van der Waals surface area contributed by atoms with Gasteiger partial charge in [0.1, 0.15) is 0 Å². The first-order valence-corrected chi connectivity index (χ1v) is 10.2. The molecule has 4 heterocycles. The number of aromatic nitrogens is 3. The zero-order valence-corrected chi connectivity index (χ0v) is 16.2. The lowest BCUT2D eigenvalue weighted by molar-refractivity contribution is 0.0299. The molecule has 3 amide bonds. The van der Waals surface area contributed by atoms with Gasteiger partial charge in [-0.2, -0.15) is 0 Å². The van der Waals surface area contributed by atoms with E-state index in [-0.39, 0.29) is 23.7 Å². The van der Waals surface area contributed by atoms with Gasteiger partial charge >= 0.3 is 6.03 Å². The van der Waals surface area contributed by atoms with E-state index in [9.17, 15) is 9.59 Å². The van der Waals surface area contributed by atoms with Gasteiger partial charge in [0, 0.05) is 43.6 Å². The third-order valence-electron chi connectivity index (χ3n) is 5.04. The summed E-state index contributed by atoms with van der Waals surface area (Å²) in [6.07, 6.45) is 6.43. The number of carbonyl (C=O) groups is 2. The van der Waals surface area contributed by atoms with Crippen LogP contribution < -0.4 is 5.32 Å². The minimum Gasteiger partial charge on any atom is -0.378 e. The zero-order chi connectivity index (χ0) is 19.3. The topological polar surface area (TPSA) is 101 Å². The van der Waals surface area contributed by atoms with E-state index < -0.39 is 0 Å². The van der Waals surface area contributed by atoms with E-state index in [4.69, 9.17) is 4.74 Å². The number of hydrogen-bond donors (Lipinski definition) is 1. The number of urea groups is 1. The van der Waals surface area contributed by atoms with Gasteiger partial charge in [0.15, 0.2) is 10.7 Å². The predicted molar refractivity (Wildman–Crippen MR) is 103 cm³/mol. The maximum atomic E-state index is 13.0. The first-order chi connectivity index (χ1) is 13.7. The Hall–Kier alpha value is -2.59. The van der Waals surface area contributed by atoms with Gasteiger partial charge in [-0.1, -0.05) is 10.6 Å². The highest BCUT2D eigenvalue weighted by Gasteiger charge is 2.30. The zero-order valence-electron chi connectivity index (χ0n) is 15.4. The van der Waals surface area contributed by atoms with E-state index >= 15 is 0 Å². The number of rotatable bonds is 3. The van der Waals surface area contributed by atoms with Crippen molar-refractivity contribution in [3.8, 4) is 0 Å². The number of nitrogens with one attached hydrogen (secondary N) is 1. The minimum absolute atomic E-state index is 0.0262. The van der Waals surface area contributed by atoms with Gasteiger partial charge in [0.2, 0.25) is 0 Å². The van der Waals surface area contributed by atoms with Crippen LogP contribution in [0.4, 0.5) is 9.80 Å². The van der Waals surface area contributed by atoms with Crippen LogP contribution in [0.15, 0.2) is 24.5 Å². The van der Waals surface area contributed by atoms with Crippen LogP contribution in [0.1, 0.15) is 41.4 Å².